The third-order valence-electron chi connectivity index (χ3n) is 3.90. The molecule has 19 heavy (non-hydrogen) atoms. The highest BCUT2D eigenvalue weighted by molar-refractivity contribution is 5.80. The summed E-state index contributed by atoms with van der Waals surface area (Å²) < 4.78 is 0. The standard InChI is InChI=1S/C14H27N3O2/c1-3-16-13(18)7-8-17-14(19)10(2)11-5-4-6-12(15)9-11/h10-12H,3-9,15H2,1-2H3,(H,16,18)(H,17,19). The van der Waals surface area contributed by atoms with Crippen molar-refractivity contribution in [1.82, 2.24) is 10.6 Å². The van der Waals surface area contributed by atoms with Crippen LogP contribution < -0.4 is 16.4 Å². The van der Waals surface area contributed by atoms with Crippen molar-refractivity contribution >= 4 is 11.8 Å². The van der Waals surface area contributed by atoms with E-state index in [1.807, 2.05) is 13.8 Å². The van der Waals surface area contributed by atoms with Gasteiger partial charge in [0.25, 0.3) is 0 Å². The summed E-state index contributed by atoms with van der Waals surface area (Å²) >= 11 is 0. The molecule has 1 fully saturated rings. The van der Waals surface area contributed by atoms with Crippen LogP contribution in [0.15, 0.2) is 0 Å². The molecule has 2 amide bonds. The maximum absolute atomic E-state index is 12.0. The molecule has 0 aliphatic heterocycles. The van der Waals surface area contributed by atoms with Gasteiger partial charge in [0.05, 0.1) is 0 Å². The first-order valence-corrected chi connectivity index (χ1v) is 7.34. The van der Waals surface area contributed by atoms with E-state index >= 15 is 0 Å². The molecule has 0 aromatic carbocycles. The number of amides is 2. The Morgan fingerprint density at radius 2 is 2.05 bits per heavy atom. The Morgan fingerprint density at radius 3 is 2.68 bits per heavy atom. The van der Waals surface area contributed by atoms with Crippen LogP contribution in [-0.2, 0) is 9.59 Å². The third-order valence-corrected chi connectivity index (χ3v) is 3.90. The number of carbonyl (C=O) groups excluding carboxylic acids is 2. The van der Waals surface area contributed by atoms with Crippen LogP contribution in [0.3, 0.4) is 0 Å². The van der Waals surface area contributed by atoms with E-state index in [2.05, 4.69) is 10.6 Å². The van der Waals surface area contributed by atoms with Gasteiger partial charge in [-0.1, -0.05) is 13.3 Å². The summed E-state index contributed by atoms with van der Waals surface area (Å²) in [5, 5.41) is 5.55. The molecule has 1 aliphatic carbocycles. The summed E-state index contributed by atoms with van der Waals surface area (Å²) in [6.45, 7) is 4.88. The molecule has 4 N–H and O–H groups in total. The first kappa shape index (κ1) is 16.0. The SMILES string of the molecule is CCNC(=O)CCNC(=O)C(C)C1CCCC(N)C1. The predicted octanol–water partition coefficient (Wildman–Crippen LogP) is 0.782. The molecule has 0 radical (unpaired) electrons. The highest BCUT2D eigenvalue weighted by Gasteiger charge is 2.28. The molecule has 0 aromatic rings. The molecule has 0 aromatic heterocycles. The molecular formula is C14H27N3O2. The van der Waals surface area contributed by atoms with Crippen molar-refractivity contribution in [3.8, 4) is 0 Å². The van der Waals surface area contributed by atoms with Gasteiger partial charge in [-0.2, -0.15) is 0 Å². The maximum Gasteiger partial charge on any atom is 0.223 e. The van der Waals surface area contributed by atoms with E-state index in [0.717, 1.165) is 25.7 Å². The lowest BCUT2D eigenvalue weighted by atomic mass is 9.78. The minimum Gasteiger partial charge on any atom is -0.356 e. The predicted molar refractivity (Wildman–Crippen MR) is 75.4 cm³/mol. The van der Waals surface area contributed by atoms with Gasteiger partial charge in [-0.3, -0.25) is 9.59 Å². The number of nitrogens with one attached hydrogen (secondary N) is 2. The lowest BCUT2D eigenvalue weighted by molar-refractivity contribution is -0.126. The Bertz CT molecular complexity index is 307. The van der Waals surface area contributed by atoms with Gasteiger partial charge in [-0.15, -0.1) is 0 Å². The van der Waals surface area contributed by atoms with E-state index in [4.69, 9.17) is 5.73 Å². The van der Waals surface area contributed by atoms with Gasteiger partial charge >= 0.3 is 0 Å². The average Bonchev–Trinajstić information content (AvgIpc) is 2.38. The van der Waals surface area contributed by atoms with Crippen LogP contribution >= 0.6 is 0 Å². The van der Waals surface area contributed by atoms with Crippen LogP contribution in [0.25, 0.3) is 0 Å². The third kappa shape index (κ3) is 5.59. The molecule has 0 heterocycles. The highest BCUT2D eigenvalue weighted by Crippen LogP contribution is 2.29. The van der Waals surface area contributed by atoms with E-state index < -0.39 is 0 Å². The van der Waals surface area contributed by atoms with E-state index in [1.54, 1.807) is 0 Å². The maximum atomic E-state index is 12.0. The van der Waals surface area contributed by atoms with Crippen molar-refractivity contribution in [3.63, 3.8) is 0 Å². The van der Waals surface area contributed by atoms with Crippen molar-refractivity contribution in [2.24, 2.45) is 17.6 Å². The lowest BCUT2D eigenvalue weighted by Gasteiger charge is -2.30. The summed E-state index contributed by atoms with van der Waals surface area (Å²) in [7, 11) is 0. The smallest absolute Gasteiger partial charge is 0.223 e. The van der Waals surface area contributed by atoms with Crippen LogP contribution in [0.5, 0.6) is 0 Å². The monoisotopic (exact) mass is 269 g/mol. The first-order chi connectivity index (χ1) is 9.04. The number of rotatable bonds is 6. The van der Waals surface area contributed by atoms with Gasteiger partial charge in [-0.25, -0.2) is 0 Å². The summed E-state index contributed by atoms with van der Waals surface area (Å²) in [6, 6.07) is 0.240. The van der Waals surface area contributed by atoms with E-state index in [0.29, 0.717) is 25.4 Å². The summed E-state index contributed by atoms with van der Waals surface area (Å²) in [4.78, 5) is 23.3. The van der Waals surface area contributed by atoms with Crippen molar-refractivity contribution in [2.75, 3.05) is 13.1 Å². The molecule has 0 saturated heterocycles. The number of carbonyl (C=O) groups is 2. The zero-order valence-corrected chi connectivity index (χ0v) is 12.1. The molecule has 1 saturated carbocycles. The Morgan fingerprint density at radius 1 is 1.32 bits per heavy atom. The van der Waals surface area contributed by atoms with E-state index in [-0.39, 0.29) is 23.8 Å². The Balaban J connectivity index is 2.26. The lowest BCUT2D eigenvalue weighted by Crippen LogP contribution is -2.39. The number of nitrogens with two attached hydrogens (primary N) is 1. The van der Waals surface area contributed by atoms with Gasteiger partial charge in [0.1, 0.15) is 0 Å². The molecular weight excluding hydrogens is 242 g/mol. The van der Waals surface area contributed by atoms with Crippen molar-refractivity contribution in [3.05, 3.63) is 0 Å². The van der Waals surface area contributed by atoms with Crippen LogP contribution in [-0.4, -0.2) is 30.9 Å². The Labute approximate surface area is 115 Å². The van der Waals surface area contributed by atoms with Gasteiger partial charge in [0.15, 0.2) is 0 Å². The minimum atomic E-state index is -0.0184. The second-order valence-corrected chi connectivity index (χ2v) is 5.47. The van der Waals surface area contributed by atoms with Crippen LogP contribution in [0.2, 0.25) is 0 Å². The molecule has 1 rings (SSSR count). The van der Waals surface area contributed by atoms with Crippen LogP contribution in [0.1, 0.15) is 46.0 Å². The zero-order chi connectivity index (χ0) is 14.3. The Kier molecular flexibility index (Phi) is 6.84. The topological polar surface area (TPSA) is 84.2 Å². The minimum absolute atomic E-state index is 0.0133. The molecule has 110 valence electrons. The summed E-state index contributed by atoms with van der Waals surface area (Å²) in [5.41, 5.74) is 5.95. The number of hydrogen-bond acceptors (Lipinski definition) is 3. The molecule has 0 bridgehead atoms. The Hall–Kier alpha value is -1.10. The fourth-order valence-electron chi connectivity index (χ4n) is 2.68. The first-order valence-electron chi connectivity index (χ1n) is 7.34. The highest BCUT2D eigenvalue weighted by atomic mass is 16.2. The average molecular weight is 269 g/mol. The van der Waals surface area contributed by atoms with Crippen molar-refractivity contribution in [2.45, 2.75) is 52.0 Å². The summed E-state index contributed by atoms with van der Waals surface area (Å²) in [5.74, 6) is 0.396. The van der Waals surface area contributed by atoms with Crippen LogP contribution in [0, 0.1) is 11.8 Å². The second kappa shape index (κ2) is 8.15. The normalized spacial score (nSPS) is 24.6. The van der Waals surface area contributed by atoms with Crippen molar-refractivity contribution in [1.29, 1.82) is 0 Å². The fraction of sp³-hybridized carbons (Fsp3) is 0.857. The van der Waals surface area contributed by atoms with Gasteiger partial charge in [0, 0.05) is 31.5 Å². The van der Waals surface area contributed by atoms with Gasteiger partial charge in [0.2, 0.25) is 11.8 Å². The molecule has 5 nitrogen and oxygen atoms in total. The quantitative estimate of drug-likeness (QED) is 0.666. The van der Waals surface area contributed by atoms with Crippen LogP contribution in [0.4, 0.5) is 0 Å². The molecule has 5 heteroatoms. The van der Waals surface area contributed by atoms with E-state index in [9.17, 15) is 9.59 Å². The van der Waals surface area contributed by atoms with Crippen molar-refractivity contribution < 1.29 is 9.59 Å². The summed E-state index contributed by atoms with van der Waals surface area (Å²) in [6.07, 6.45) is 4.55. The van der Waals surface area contributed by atoms with Gasteiger partial charge in [-0.05, 0) is 32.1 Å². The number of hydrogen-bond donors (Lipinski definition) is 3. The molecule has 1 aliphatic rings. The largest absolute Gasteiger partial charge is 0.356 e. The molecule has 0 spiro atoms. The molecule has 3 unspecified atom stereocenters. The van der Waals surface area contributed by atoms with Gasteiger partial charge < -0.3 is 16.4 Å². The second-order valence-electron chi connectivity index (χ2n) is 5.47. The fourth-order valence-corrected chi connectivity index (χ4v) is 2.68. The van der Waals surface area contributed by atoms with E-state index in [1.165, 1.54) is 0 Å². The molecule has 3 atom stereocenters. The zero-order valence-electron chi connectivity index (χ0n) is 12.1.